The maximum absolute atomic E-state index is 13.5. The molecule has 1 aliphatic heterocycles. The molecule has 0 bridgehead atoms. The average Bonchev–Trinajstić information content (AvgIpc) is 3.34. The molecule has 0 radical (unpaired) electrons. The number of likely N-dealkylation sites (tertiary alicyclic amines) is 1. The van der Waals surface area contributed by atoms with Crippen molar-refractivity contribution >= 4 is 16.8 Å². The molecule has 1 atom stereocenters. The van der Waals surface area contributed by atoms with E-state index < -0.39 is 11.6 Å². The minimum absolute atomic E-state index is 0.119. The molecule has 5 rings (SSSR count). The number of carbonyl (C=O) groups is 1. The van der Waals surface area contributed by atoms with Crippen molar-refractivity contribution in [3.63, 3.8) is 0 Å². The quantitative estimate of drug-likeness (QED) is 0.613. The van der Waals surface area contributed by atoms with E-state index in [-0.39, 0.29) is 29.9 Å². The summed E-state index contributed by atoms with van der Waals surface area (Å²) in [4.78, 5) is 16.6. The highest BCUT2D eigenvalue weighted by atomic mass is 19.1. The monoisotopic (exact) mass is 430 g/mol. The molecule has 2 N–H and O–H groups in total. The molecule has 0 spiro atoms. The zero-order chi connectivity index (χ0) is 22.0. The largest absolute Gasteiger partial charge is 0.394 e. The first-order valence-electron chi connectivity index (χ1n) is 10.6. The number of carbonyl (C=O) groups excluding carboxylic acids is 1. The summed E-state index contributed by atoms with van der Waals surface area (Å²) >= 11 is 0. The number of fused-ring (bicyclic) bond motifs is 1. The van der Waals surface area contributed by atoms with E-state index >= 15 is 0 Å². The summed E-state index contributed by atoms with van der Waals surface area (Å²) in [6.07, 6.45) is 5.37. The summed E-state index contributed by atoms with van der Waals surface area (Å²) in [5.74, 6) is -1.02. The van der Waals surface area contributed by atoms with Crippen molar-refractivity contribution in [2.45, 2.75) is 38.1 Å². The zero-order valence-electron chi connectivity index (χ0n) is 17.1. The number of rotatable bonds is 3. The molecule has 1 saturated carbocycles. The molecule has 1 amide bonds. The minimum atomic E-state index is -0.640. The Morgan fingerprint density at radius 3 is 2.39 bits per heavy atom. The van der Waals surface area contributed by atoms with Crippen LogP contribution in [0.2, 0.25) is 0 Å². The Morgan fingerprint density at radius 1 is 1.00 bits per heavy atom. The number of halogens is 3. The normalized spacial score (nSPS) is 18.6. The third-order valence-corrected chi connectivity index (χ3v) is 6.13. The van der Waals surface area contributed by atoms with Crippen molar-refractivity contribution in [2.75, 3.05) is 13.2 Å². The number of benzene rings is 2. The van der Waals surface area contributed by atoms with Crippen molar-refractivity contribution in [1.82, 2.24) is 9.88 Å². The average molecular weight is 430 g/mol. The van der Waals surface area contributed by atoms with Crippen LogP contribution in [0.25, 0.3) is 22.2 Å². The van der Waals surface area contributed by atoms with Gasteiger partial charge in [-0.2, -0.15) is 0 Å². The lowest BCUT2D eigenvalue weighted by molar-refractivity contribution is -0.139. The summed E-state index contributed by atoms with van der Waals surface area (Å²) in [6, 6.07) is 9.62. The van der Waals surface area contributed by atoms with Crippen LogP contribution in [0.15, 0.2) is 42.5 Å². The van der Waals surface area contributed by atoms with Gasteiger partial charge in [0.2, 0.25) is 5.91 Å². The predicted octanol–water partition coefficient (Wildman–Crippen LogP) is 5.02. The number of nitrogens with one attached hydrogen (secondary N) is 1. The summed E-state index contributed by atoms with van der Waals surface area (Å²) in [5, 5.41) is 9.51. The van der Waals surface area contributed by atoms with E-state index in [0.717, 1.165) is 38.3 Å². The van der Waals surface area contributed by atoms with Crippen LogP contribution in [0, 0.1) is 23.4 Å². The first kappa shape index (κ1) is 21.4. The van der Waals surface area contributed by atoms with Gasteiger partial charge in [-0.15, -0.1) is 0 Å². The molecule has 1 unspecified atom stereocenters. The second-order valence-electron chi connectivity index (χ2n) is 8.18. The lowest BCUT2D eigenvalue weighted by Gasteiger charge is -2.32. The molecule has 4 nitrogen and oxygen atoms in total. The van der Waals surface area contributed by atoms with Gasteiger partial charge in [0.05, 0.1) is 18.2 Å². The van der Waals surface area contributed by atoms with E-state index in [1.54, 1.807) is 18.2 Å². The molecule has 1 aliphatic carbocycles. The fourth-order valence-corrected chi connectivity index (χ4v) is 4.16. The van der Waals surface area contributed by atoms with Crippen LogP contribution in [0.3, 0.4) is 0 Å². The van der Waals surface area contributed by atoms with Crippen LogP contribution in [0.4, 0.5) is 13.2 Å². The van der Waals surface area contributed by atoms with Gasteiger partial charge in [0.1, 0.15) is 17.5 Å². The number of aliphatic hydroxyl groups excluding tert-OH is 1. The standard InChI is InChI=1S/C14H8F3N.C10H17NO2/c15-10-3-1-8(2-4-10)13-6-9-5-11(16)7-12(17)14(9)18-13;12-7-9-5-2-6-11(9)10(13)8-3-1-4-8/h1-7,18H;8-9,12H,1-7H2. The Labute approximate surface area is 178 Å². The van der Waals surface area contributed by atoms with Crippen LogP contribution >= 0.6 is 0 Å². The zero-order valence-corrected chi connectivity index (χ0v) is 17.1. The Morgan fingerprint density at radius 2 is 1.74 bits per heavy atom. The summed E-state index contributed by atoms with van der Waals surface area (Å²) in [5.41, 5.74) is 1.58. The van der Waals surface area contributed by atoms with Crippen molar-refractivity contribution in [3.8, 4) is 11.3 Å². The molecule has 2 fully saturated rings. The van der Waals surface area contributed by atoms with Crippen LogP contribution in [0.1, 0.15) is 32.1 Å². The molecule has 7 heteroatoms. The molecule has 2 aromatic carbocycles. The fourth-order valence-electron chi connectivity index (χ4n) is 4.16. The number of nitrogens with zero attached hydrogens (tertiary/aromatic N) is 1. The van der Waals surface area contributed by atoms with E-state index in [4.69, 9.17) is 5.11 Å². The van der Waals surface area contributed by atoms with E-state index in [2.05, 4.69) is 4.98 Å². The number of hydrogen-bond donors (Lipinski definition) is 2. The van der Waals surface area contributed by atoms with Crippen LogP contribution in [-0.2, 0) is 4.79 Å². The maximum Gasteiger partial charge on any atom is 0.226 e. The Kier molecular flexibility index (Phi) is 6.32. The number of aromatic nitrogens is 1. The van der Waals surface area contributed by atoms with Gasteiger partial charge >= 0.3 is 0 Å². The van der Waals surface area contributed by atoms with Crippen molar-refractivity contribution < 1.29 is 23.1 Å². The van der Waals surface area contributed by atoms with Gasteiger partial charge in [0.15, 0.2) is 0 Å². The molecular formula is C24H25F3N2O2. The molecule has 3 aromatic rings. The summed E-state index contributed by atoms with van der Waals surface area (Å²) in [7, 11) is 0. The number of H-pyrrole nitrogens is 1. The van der Waals surface area contributed by atoms with Gasteiger partial charge in [-0.25, -0.2) is 13.2 Å². The number of hydrogen-bond acceptors (Lipinski definition) is 2. The van der Waals surface area contributed by atoms with Crippen LogP contribution in [0.5, 0.6) is 0 Å². The van der Waals surface area contributed by atoms with Gasteiger partial charge in [0, 0.05) is 29.6 Å². The maximum atomic E-state index is 13.5. The van der Waals surface area contributed by atoms with Crippen LogP contribution < -0.4 is 0 Å². The highest BCUT2D eigenvalue weighted by Crippen LogP contribution is 2.31. The molecular weight excluding hydrogens is 405 g/mol. The van der Waals surface area contributed by atoms with E-state index in [1.165, 1.54) is 24.6 Å². The van der Waals surface area contributed by atoms with Gasteiger partial charge in [-0.1, -0.05) is 6.42 Å². The molecule has 2 heterocycles. The lowest BCUT2D eigenvalue weighted by atomic mass is 9.84. The molecule has 1 saturated heterocycles. The number of aliphatic hydroxyl groups is 1. The molecule has 2 aliphatic rings. The molecule has 31 heavy (non-hydrogen) atoms. The SMILES string of the molecule is Fc1ccc(-c2cc3cc(F)cc(F)c3[nH]2)cc1.O=C(C1CCC1)N1CCCC1CO. The minimum Gasteiger partial charge on any atom is -0.394 e. The Bertz CT molecular complexity index is 1060. The smallest absolute Gasteiger partial charge is 0.226 e. The Hall–Kier alpha value is -2.80. The van der Waals surface area contributed by atoms with Gasteiger partial charge < -0.3 is 15.0 Å². The van der Waals surface area contributed by atoms with E-state index in [0.29, 0.717) is 22.6 Å². The van der Waals surface area contributed by atoms with Crippen molar-refractivity contribution in [3.05, 3.63) is 59.9 Å². The first-order chi connectivity index (χ1) is 15.0. The third-order valence-electron chi connectivity index (χ3n) is 6.13. The highest BCUT2D eigenvalue weighted by molar-refractivity contribution is 5.86. The Balaban J connectivity index is 0.000000158. The highest BCUT2D eigenvalue weighted by Gasteiger charge is 2.35. The fraction of sp³-hybridized carbons (Fsp3) is 0.375. The van der Waals surface area contributed by atoms with Gasteiger partial charge in [-0.3, -0.25) is 4.79 Å². The van der Waals surface area contributed by atoms with Gasteiger partial charge in [-0.05, 0) is 67.6 Å². The van der Waals surface area contributed by atoms with E-state index in [1.807, 2.05) is 4.90 Å². The summed E-state index contributed by atoms with van der Waals surface area (Å²) < 4.78 is 39.4. The second kappa shape index (κ2) is 9.14. The van der Waals surface area contributed by atoms with Crippen molar-refractivity contribution in [1.29, 1.82) is 0 Å². The van der Waals surface area contributed by atoms with Gasteiger partial charge in [0.25, 0.3) is 0 Å². The number of amides is 1. The second-order valence-corrected chi connectivity index (χ2v) is 8.18. The van der Waals surface area contributed by atoms with Crippen LogP contribution in [-0.4, -0.2) is 40.1 Å². The number of aromatic amines is 1. The topological polar surface area (TPSA) is 56.3 Å². The predicted molar refractivity (Wildman–Crippen MR) is 113 cm³/mol. The third kappa shape index (κ3) is 4.61. The lowest BCUT2D eigenvalue weighted by Crippen LogP contribution is -2.43. The first-order valence-corrected chi connectivity index (χ1v) is 10.6. The molecule has 164 valence electrons. The van der Waals surface area contributed by atoms with Crippen molar-refractivity contribution in [2.24, 2.45) is 5.92 Å². The summed E-state index contributed by atoms with van der Waals surface area (Å²) in [6.45, 7) is 0.999. The molecule has 1 aromatic heterocycles. The van der Waals surface area contributed by atoms with E-state index in [9.17, 15) is 18.0 Å².